The van der Waals surface area contributed by atoms with E-state index in [2.05, 4.69) is 15.9 Å². The summed E-state index contributed by atoms with van der Waals surface area (Å²) in [4.78, 5) is 6.59. The Balaban J connectivity index is 3.38. The van der Waals surface area contributed by atoms with Crippen LogP contribution in [0.4, 0.5) is 0 Å². The number of hydrogen-bond donors (Lipinski definition) is 1. The van der Waals surface area contributed by atoms with Gasteiger partial charge in [-0.2, -0.15) is 0 Å². The van der Waals surface area contributed by atoms with E-state index in [1.807, 2.05) is 0 Å². The first kappa shape index (κ1) is 5.99. The van der Waals surface area contributed by atoms with E-state index in [1.54, 1.807) is 12.4 Å². The van der Waals surface area contributed by atoms with E-state index in [0.29, 0.717) is 10.3 Å². The highest BCUT2D eigenvalue weighted by Gasteiger charge is 1.85. The first-order chi connectivity index (χ1) is 4.34. The molecular formula is C6H4N2S. The van der Waals surface area contributed by atoms with Crippen molar-refractivity contribution in [3.8, 4) is 12.3 Å². The molecule has 0 saturated heterocycles. The summed E-state index contributed by atoms with van der Waals surface area (Å²) in [6, 6.07) is 0. The molecule has 0 atom stereocenters. The van der Waals surface area contributed by atoms with Crippen LogP contribution in [0.2, 0.25) is 0 Å². The van der Waals surface area contributed by atoms with Gasteiger partial charge in [0, 0.05) is 12.4 Å². The second-order valence-corrected chi connectivity index (χ2v) is 1.82. The minimum atomic E-state index is 0.493. The third-order valence-corrected chi connectivity index (χ3v) is 1.16. The number of rotatable bonds is 0. The monoisotopic (exact) mass is 136 g/mol. The van der Waals surface area contributed by atoms with Gasteiger partial charge in [0.05, 0.1) is 0 Å². The second-order valence-electron chi connectivity index (χ2n) is 1.41. The lowest BCUT2D eigenvalue weighted by molar-refractivity contribution is 1.15. The van der Waals surface area contributed by atoms with Crippen LogP contribution in [0.15, 0.2) is 12.4 Å². The zero-order valence-corrected chi connectivity index (χ0v) is 5.40. The van der Waals surface area contributed by atoms with E-state index in [-0.39, 0.29) is 0 Å². The number of aromatic nitrogens is 2. The van der Waals surface area contributed by atoms with Gasteiger partial charge in [0.2, 0.25) is 0 Å². The molecule has 1 aromatic heterocycles. The average molecular weight is 136 g/mol. The highest BCUT2D eigenvalue weighted by molar-refractivity contribution is 7.71. The van der Waals surface area contributed by atoms with Crippen molar-refractivity contribution in [2.45, 2.75) is 0 Å². The maximum absolute atomic E-state index is 5.05. The van der Waals surface area contributed by atoms with E-state index < -0.39 is 0 Å². The van der Waals surface area contributed by atoms with Gasteiger partial charge in [-0.1, -0.05) is 12.2 Å². The first-order valence-electron chi connectivity index (χ1n) is 2.35. The lowest BCUT2D eigenvalue weighted by Crippen LogP contribution is -1.83. The molecule has 0 amide bonds. The molecule has 0 saturated carbocycles. The maximum Gasteiger partial charge on any atom is 0.147 e. The van der Waals surface area contributed by atoms with Crippen LogP contribution in [0.25, 0.3) is 0 Å². The number of nitrogens with one attached hydrogen (secondary N) is 1. The van der Waals surface area contributed by atoms with Crippen molar-refractivity contribution >= 4 is 12.2 Å². The van der Waals surface area contributed by atoms with Crippen molar-refractivity contribution in [3.63, 3.8) is 0 Å². The van der Waals surface area contributed by atoms with Gasteiger partial charge in [-0.25, -0.2) is 4.98 Å². The largest absolute Gasteiger partial charge is 0.349 e. The lowest BCUT2D eigenvalue weighted by atomic mass is 10.5. The van der Waals surface area contributed by atoms with Crippen molar-refractivity contribution in [2.75, 3.05) is 0 Å². The molecule has 0 aliphatic carbocycles. The van der Waals surface area contributed by atoms with Crippen LogP contribution in [-0.4, -0.2) is 9.97 Å². The smallest absolute Gasteiger partial charge is 0.147 e. The van der Waals surface area contributed by atoms with Crippen molar-refractivity contribution in [1.82, 2.24) is 9.97 Å². The van der Waals surface area contributed by atoms with E-state index in [9.17, 15) is 0 Å². The van der Waals surface area contributed by atoms with Crippen LogP contribution in [-0.2, 0) is 0 Å². The summed E-state index contributed by atoms with van der Waals surface area (Å²) >= 11 is 4.79. The molecule has 0 fully saturated rings. The zero-order valence-electron chi connectivity index (χ0n) is 4.59. The van der Waals surface area contributed by atoms with Gasteiger partial charge in [0.1, 0.15) is 10.3 Å². The Hall–Kier alpha value is -1.14. The van der Waals surface area contributed by atoms with E-state index in [1.165, 1.54) is 0 Å². The SMILES string of the molecule is C#Cc1ncc[nH]c1=S. The molecule has 0 aliphatic heterocycles. The summed E-state index contributed by atoms with van der Waals surface area (Å²) in [7, 11) is 0. The lowest BCUT2D eigenvalue weighted by Gasteiger charge is -1.85. The molecule has 1 rings (SSSR count). The molecule has 2 nitrogen and oxygen atoms in total. The molecule has 9 heavy (non-hydrogen) atoms. The van der Waals surface area contributed by atoms with Crippen LogP contribution in [0.5, 0.6) is 0 Å². The molecular weight excluding hydrogens is 132 g/mol. The molecule has 0 spiro atoms. The number of hydrogen-bond acceptors (Lipinski definition) is 2. The Morgan fingerprint density at radius 2 is 2.56 bits per heavy atom. The summed E-state index contributed by atoms with van der Waals surface area (Å²) in [5.74, 6) is 2.35. The predicted molar refractivity (Wildman–Crippen MR) is 37.4 cm³/mol. The van der Waals surface area contributed by atoms with Gasteiger partial charge in [-0.3, -0.25) is 0 Å². The highest BCUT2D eigenvalue weighted by atomic mass is 32.1. The number of aromatic amines is 1. The summed E-state index contributed by atoms with van der Waals surface area (Å²) in [6.45, 7) is 0. The number of nitrogens with zero attached hydrogens (tertiary/aromatic N) is 1. The molecule has 44 valence electrons. The van der Waals surface area contributed by atoms with Gasteiger partial charge in [0.25, 0.3) is 0 Å². The van der Waals surface area contributed by atoms with Crippen LogP contribution in [0.3, 0.4) is 0 Å². The van der Waals surface area contributed by atoms with Crippen molar-refractivity contribution in [2.24, 2.45) is 0 Å². The minimum absolute atomic E-state index is 0.493. The summed E-state index contributed by atoms with van der Waals surface area (Å²) in [6.07, 6.45) is 8.27. The summed E-state index contributed by atoms with van der Waals surface area (Å²) in [5.41, 5.74) is 0.493. The van der Waals surface area contributed by atoms with Gasteiger partial charge >= 0.3 is 0 Å². The summed E-state index contributed by atoms with van der Waals surface area (Å²) in [5, 5.41) is 0. The topological polar surface area (TPSA) is 28.7 Å². The number of H-pyrrole nitrogens is 1. The van der Waals surface area contributed by atoms with Crippen LogP contribution >= 0.6 is 12.2 Å². The normalized spacial score (nSPS) is 8.33. The van der Waals surface area contributed by atoms with Gasteiger partial charge < -0.3 is 4.98 Å². The third-order valence-electron chi connectivity index (χ3n) is 0.844. The average Bonchev–Trinajstić information content (AvgIpc) is 1.89. The Morgan fingerprint density at radius 1 is 1.78 bits per heavy atom. The van der Waals surface area contributed by atoms with Crippen LogP contribution in [0.1, 0.15) is 5.69 Å². The van der Waals surface area contributed by atoms with Crippen LogP contribution < -0.4 is 0 Å². The van der Waals surface area contributed by atoms with E-state index in [4.69, 9.17) is 18.6 Å². The second kappa shape index (κ2) is 2.42. The first-order valence-corrected chi connectivity index (χ1v) is 2.75. The Bertz CT molecular complexity index is 294. The highest BCUT2D eigenvalue weighted by Crippen LogP contribution is 1.89. The molecule has 1 heterocycles. The molecule has 0 radical (unpaired) electrons. The van der Waals surface area contributed by atoms with Gasteiger partial charge in [-0.05, 0) is 5.92 Å². The Labute approximate surface area is 58.0 Å². The van der Waals surface area contributed by atoms with Crippen molar-refractivity contribution in [3.05, 3.63) is 22.7 Å². The third kappa shape index (κ3) is 1.15. The molecule has 0 bridgehead atoms. The molecule has 0 aromatic carbocycles. The minimum Gasteiger partial charge on any atom is -0.349 e. The van der Waals surface area contributed by atoms with Gasteiger partial charge in [0.15, 0.2) is 0 Å². The zero-order chi connectivity index (χ0) is 6.69. The molecule has 0 aliphatic rings. The fraction of sp³-hybridized carbons (Fsp3) is 0. The summed E-state index contributed by atoms with van der Waals surface area (Å²) < 4.78 is 0.514. The molecule has 0 unspecified atom stereocenters. The van der Waals surface area contributed by atoms with E-state index >= 15 is 0 Å². The molecule has 1 N–H and O–H groups in total. The fourth-order valence-corrected chi connectivity index (χ4v) is 0.634. The maximum atomic E-state index is 5.05. The standard InChI is InChI=1S/C6H4N2S/c1-2-5-6(9)8-4-3-7-5/h1,3-4H,(H,8,9). The molecule has 3 heteroatoms. The van der Waals surface area contributed by atoms with Crippen LogP contribution in [0, 0.1) is 17.0 Å². The van der Waals surface area contributed by atoms with E-state index in [0.717, 1.165) is 0 Å². The molecule has 1 aromatic rings. The van der Waals surface area contributed by atoms with Crippen molar-refractivity contribution in [1.29, 1.82) is 0 Å². The predicted octanol–water partition coefficient (Wildman–Crippen LogP) is 1.12. The quantitative estimate of drug-likeness (QED) is 0.427. The fourth-order valence-electron chi connectivity index (χ4n) is 0.455. The van der Waals surface area contributed by atoms with Gasteiger partial charge in [-0.15, -0.1) is 6.42 Å². The Morgan fingerprint density at radius 3 is 3.00 bits per heavy atom. The van der Waals surface area contributed by atoms with Crippen molar-refractivity contribution < 1.29 is 0 Å². The number of terminal acetylenes is 1. The Kier molecular flexibility index (Phi) is 1.61.